The lowest BCUT2D eigenvalue weighted by Gasteiger charge is -2.19. The molecule has 0 aliphatic rings. The first-order valence-electron chi connectivity index (χ1n) is 31.0. The van der Waals surface area contributed by atoms with Crippen LogP contribution in [0.1, 0.15) is 116 Å². The van der Waals surface area contributed by atoms with Crippen molar-refractivity contribution in [3.8, 4) is 39.6 Å². The van der Waals surface area contributed by atoms with Gasteiger partial charge in [-0.25, -0.2) is 4.68 Å². The van der Waals surface area contributed by atoms with Crippen LogP contribution in [0.25, 0.3) is 127 Å². The highest BCUT2D eigenvalue weighted by molar-refractivity contribution is 6.15. The average molecular weight is 1130 g/mol. The Morgan fingerprint density at radius 2 is 0.552 bits per heavy atom. The molecular weight excluding hydrogens is 1060 g/mol. The molecule has 15 rings (SSSR count). The van der Waals surface area contributed by atoms with Crippen LogP contribution in [0.3, 0.4) is 0 Å². The summed E-state index contributed by atoms with van der Waals surface area (Å²) < 4.78 is 11.9. The van der Waals surface area contributed by atoms with E-state index in [2.05, 4.69) is 308 Å². The molecule has 5 heterocycles. The van der Waals surface area contributed by atoms with E-state index in [-0.39, 0.29) is 21.7 Å². The maximum atomic E-state index is 4.53. The lowest BCUT2D eigenvalue weighted by molar-refractivity contribution is 0.590. The molecule has 0 radical (unpaired) electrons. The summed E-state index contributed by atoms with van der Waals surface area (Å²) in [6.45, 7) is 32.3. The van der Waals surface area contributed by atoms with Gasteiger partial charge in [0.15, 0.2) is 0 Å². The number of aryl methyl sites for hydroxylation is 2. The van der Waals surface area contributed by atoms with Gasteiger partial charge in [0, 0.05) is 78.2 Å². The second kappa shape index (κ2) is 19.1. The van der Waals surface area contributed by atoms with E-state index in [1.54, 1.807) is 0 Å². The molecule has 0 unspecified atom stereocenters. The molecule has 0 N–H and O–H groups in total. The number of hydrogen-bond donors (Lipinski definition) is 0. The lowest BCUT2D eigenvalue weighted by Crippen LogP contribution is -2.10. The van der Waals surface area contributed by atoms with Crippen molar-refractivity contribution in [2.24, 2.45) is 0 Å². The Labute approximate surface area is 510 Å². The molecule has 430 valence electrons. The molecule has 0 aliphatic carbocycles. The van der Waals surface area contributed by atoms with Crippen LogP contribution < -0.4 is 0 Å². The number of rotatable bonds is 6. The smallest absolute Gasteiger partial charge is 0.0653 e. The van der Waals surface area contributed by atoms with Gasteiger partial charge in [-0.3, -0.25) is 0 Å². The molecule has 6 heteroatoms. The van der Waals surface area contributed by atoms with E-state index in [1.165, 1.54) is 132 Å². The Morgan fingerprint density at radius 3 is 0.897 bits per heavy atom. The summed E-state index contributed by atoms with van der Waals surface area (Å²) >= 11 is 0. The van der Waals surface area contributed by atoms with Crippen LogP contribution >= 0.6 is 0 Å². The van der Waals surface area contributed by atoms with Gasteiger partial charge in [-0.15, -0.1) is 0 Å². The van der Waals surface area contributed by atoms with E-state index in [4.69, 9.17) is 0 Å². The lowest BCUT2D eigenvalue weighted by atomic mass is 9.85. The summed E-state index contributed by atoms with van der Waals surface area (Å²) in [6.07, 6.45) is 3.83. The van der Waals surface area contributed by atoms with Gasteiger partial charge < -0.3 is 18.3 Å². The van der Waals surface area contributed by atoms with Crippen molar-refractivity contribution >= 4 is 87.2 Å². The fraction of sp³-hybridized carbons (Fsp3) is 0.222. The van der Waals surface area contributed by atoms with Crippen LogP contribution in [0.4, 0.5) is 0 Å². The summed E-state index contributed by atoms with van der Waals surface area (Å²) in [5, 5.41) is 14.5. The van der Waals surface area contributed by atoms with Crippen LogP contribution in [0.2, 0.25) is 0 Å². The van der Waals surface area contributed by atoms with Crippen LogP contribution in [0.15, 0.2) is 207 Å². The normalized spacial score (nSPS) is 12.9. The molecule has 0 amide bonds. The fourth-order valence-corrected chi connectivity index (χ4v) is 14.0. The molecule has 0 atom stereocenters. The van der Waals surface area contributed by atoms with Crippen molar-refractivity contribution in [3.63, 3.8) is 0 Å². The largest absolute Gasteiger partial charge is 0.309 e. The second-order valence-corrected chi connectivity index (χ2v) is 28.8. The third kappa shape index (κ3) is 8.68. The summed E-state index contributed by atoms with van der Waals surface area (Å²) in [5.41, 5.74) is 25.4. The Morgan fingerprint density at radius 1 is 0.264 bits per heavy atom. The summed E-state index contributed by atoms with van der Waals surface area (Å²) in [4.78, 5) is 0. The number of benzene rings is 10. The minimum absolute atomic E-state index is 0.00478. The van der Waals surface area contributed by atoms with Crippen molar-refractivity contribution in [1.82, 2.24) is 28.0 Å². The van der Waals surface area contributed by atoms with Gasteiger partial charge in [0.05, 0.1) is 49.8 Å². The third-order valence-electron chi connectivity index (χ3n) is 18.9. The molecule has 0 aliphatic heterocycles. The first kappa shape index (κ1) is 54.3. The molecule has 15 aromatic rings. The van der Waals surface area contributed by atoms with E-state index in [0.717, 1.165) is 28.4 Å². The van der Waals surface area contributed by atoms with Gasteiger partial charge in [0.2, 0.25) is 0 Å². The van der Waals surface area contributed by atoms with E-state index in [9.17, 15) is 0 Å². The molecular formula is C81H76N6. The summed E-state index contributed by atoms with van der Waals surface area (Å²) in [7, 11) is 0. The number of para-hydroxylation sites is 1. The summed E-state index contributed by atoms with van der Waals surface area (Å²) in [6, 6.07) is 74.4. The van der Waals surface area contributed by atoms with Crippen LogP contribution in [0.5, 0.6) is 0 Å². The third-order valence-corrected chi connectivity index (χ3v) is 18.9. The summed E-state index contributed by atoms with van der Waals surface area (Å²) in [5.74, 6) is 0. The van der Waals surface area contributed by atoms with Gasteiger partial charge in [0.25, 0.3) is 0 Å². The van der Waals surface area contributed by atoms with Crippen molar-refractivity contribution < 1.29 is 0 Å². The molecule has 0 fully saturated rings. The highest BCUT2D eigenvalue weighted by atomic mass is 15.3. The molecule has 87 heavy (non-hydrogen) atoms. The zero-order chi connectivity index (χ0) is 60.4. The second-order valence-electron chi connectivity index (χ2n) is 28.8. The Balaban J connectivity index is 0.914. The maximum Gasteiger partial charge on any atom is 0.0653 e. The molecule has 6 nitrogen and oxygen atoms in total. The standard InChI is InChI=1S/C81H76N6/c1-49-40-56(84-70-19-16-15-18-62(70)67-46-55(26-35-75(67)84)83-39-17-38-82-83)24-29-60(49)61-30-25-57(41-50(61)2)85-76-36-27-58(86-71-31-20-51(78(3,4)5)42-63(71)64-43-52(79(6,7)8)21-32-72(64)86)47-68(76)69-48-59(28-37-77(69)85)87-73-33-22-53(80(9,10)11)44-65(73)66-45-54(81(12,13)14)23-34-74(66)87/h15-48H,1-14H3. The van der Waals surface area contributed by atoms with Crippen molar-refractivity contribution in [1.29, 1.82) is 0 Å². The molecule has 0 bridgehead atoms. The monoisotopic (exact) mass is 1130 g/mol. The van der Waals surface area contributed by atoms with E-state index >= 15 is 0 Å². The van der Waals surface area contributed by atoms with E-state index in [1.807, 2.05) is 23.1 Å². The quantitative estimate of drug-likeness (QED) is 0.163. The van der Waals surface area contributed by atoms with Gasteiger partial charge in [-0.05, 0) is 220 Å². The van der Waals surface area contributed by atoms with Gasteiger partial charge in [0.1, 0.15) is 0 Å². The highest BCUT2D eigenvalue weighted by Gasteiger charge is 2.26. The Kier molecular flexibility index (Phi) is 11.9. The molecule has 0 spiro atoms. The Bertz CT molecular complexity index is 4980. The number of fused-ring (bicyclic) bond motifs is 12. The van der Waals surface area contributed by atoms with Crippen LogP contribution in [-0.2, 0) is 21.7 Å². The first-order chi connectivity index (χ1) is 41.5. The highest BCUT2D eigenvalue weighted by Crippen LogP contribution is 2.44. The number of hydrogen-bond acceptors (Lipinski definition) is 1. The number of aromatic nitrogens is 6. The topological polar surface area (TPSA) is 37.5 Å². The van der Waals surface area contributed by atoms with E-state index in [0.29, 0.717) is 0 Å². The zero-order valence-electron chi connectivity index (χ0n) is 52.8. The van der Waals surface area contributed by atoms with Crippen molar-refractivity contribution in [2.75, 3.05) is 0 Å². The van der Waals surface area contributed by atoms with Gasteiger partial charge >= 0.3 is 0 Å². The fourth-order valence-electron chi connectivity index (χ4n) is 14.0. The molecule has 0 saturated carbocycles. The van der Waals surface area contributed by atoms with Crippen molar-refractivity contribution in [2.45, 2.75) is 119 Å². The maximum absolute atomic E-state index is 4.53. The molecule has 0 saturated heterocycles. The predicted octanol–water partition coefficient (Wildman–Crippen LogP) is 21.7. The number of nitrogens with zero attached hydrogens (tertiary/aromatic N) is 6. The minimum Gasteiger partial charge on any atom is -0.309 e. The van der Waals surface area contributed by atoms with Crippen LogP contribution in [0, 0.1) is 13.8 Å². The minimum atomic E-state index is 0.00478. The molecule has 5 aromatic heterocycles. The average Bonchev–Trinajstić information content (AvgIpc) is 1.70. The van der Waals surface area contributed by atoms with Gasteiger partial charge in [-0.2, -0.15) is 5.10 Å². The Hall–Kier alpha value is -9.39. The van der Waals surface area contributed by atoms with Crippen LogP contribution in [-0.4, -0.2) is 28.0 Å². The zero-order valence-corrected chi connectivity index (χ0v) is 52.8. The predicted molar refractivity (Wildman–Crippen MR) is 371 cm³/mol. The van der Waals surface area contributed by atoms with Gasteiger partial charge in [-0.1, -0.05) is 138 Å². The SMILES string of the molecule is Cc1cc(-n2c3ccccc3c3cc(-n4cccn4)ccc32)ccc1-c1ccc(-n2c3ccc(-n4c5ccc(C(C)(C)C)cc5c5cc(C(C)(C)C)ccc54)cc3c3cc(-n4c5ccc(C(C)(C)C)cc5c5cc(C(C)(C)C)ccc54)ccc32)cc1C. The van der Waals surface area contributed by atoms with E-state index < -0.39 is 0 Å². The van der Waals surface area contributed by atoms with Crippen molar-refractivity contribution in [3.05, 3.63) is 240 Å². The molecule has 10 aromatic carbocycles. The first-order valence-corrected chi connectivity index (χ1v) is 31.0.